The van der Waals surface area contributed by atoms with Gasteiger partial charge in [0.05, 0.1) is 23.4 Å². The number of halogens is 3. The molecule has 142 valence electrons. The van der Waals surface area contributed by atoms with Gasteiger partial charge < -0.3 is 25.1 Å². The minimum Gasteiger partial charge on any atom is -0.389 e. The summed E-state index contributed by atoms with van der Waals surface area (Å²) in [5.41, 5.74) is -2.80. The standard InChI is InChI=1S/C16H19F3N4O3/c1-15(26)2-3-22(8-15)14-9(5-20)10(16(17,18)19)4-13(21-14)23-6-11(24)12(25)7-23/h4,11-12,24-26H,2-3,6-8H2,1H3/t11-,12-,15+/m0/s1. The number of hydrogen-bond acceptors (Lipinski definition) is 7. The van der Waals surface area contributed by atoms with Gasteiger partial charge in [-0.1, -0.05) is 0 Å². The van der Waals surface area contributed by atoms with Crippen LogP contribution in [0.15, 0.2) is 6.07 Å². The van der Waals surface area contributed by atoms with Crippen molar-refractivity contribution in [3.05, 3.63) is 17.2 Å². The van der Waals surface area contributed by atoms with Crippen LogP contribution in [-0.2, 0) is 6.18 Å². The number of anilines is 2. The predicted octanol–water partition coefficient (Wildman–Crippen LogP) is 0.475. The number of rotatable bonds is 2. The third kappa shape index (κ3) is 3.42. The lowest BCUT2D eigenvalue weighted by Gasteiger charge is -2.25. The molecule has 0 saturated carbocycles. The normalized spacial score (nSPS) is 29.3. The Hall–Kier alpha value is -2.09. The monoisotopic (exact) mass is 372 g/mol. The van der Waals surface area contributed by atoms with Crippen molar-refractivity contribution in [1.29, 1.82) is 5.26 Å². The Kier molecular flexibility index (Phi) is 4.50. The zero-order valence-electron chi connectivity index (χ0n) is 14.0. The van der Waals surface area contributed by atoms with Gasteiger partial charge in [-0.15, -0.1) is 0 Å². The summed E-state index contributed by atoms with van der Waals surface area (Å²) in [4.78, 5) is 7.02. The maximum Gasteiger partial charge on any atom is 0.417 e. The number of aromatic nitrogens is 1. The van der Waals surface area contributed by atoms with Crippen molar-refractivity contribution in [2.75, 3.05) is 36.0 Å². The van der Waals surface area contributed by atoms with E-state index in [4.69, 9.17) is 0 Å². The number of aliphatic hydroxyl groups excluding tert-OH is 2. The second kappa shape index (κ2) is 6.26. The van der Waals surface area contributed by atoms with Gasteiger partial charge in [0.15, 0.2) is 0 Å². The molecule has 0 radical (unpaired) electrons. The van der Waals surface area contributed by atoms with Crippen molar-refractivity contribution < 1.29 is 28.5 Å². The van der Waals surface area contributed by atoms with Crippen LogP contribution in [0.3, 0.4) is 0 Å². The van der Waals surface area contributed by atoms with E-state index >= 15 is 0 Å². The molecule has 0 aromatic carbocycles. The minimum absolute atomic E-state index is 0.0562. The van der Waals surface area contributed by atoms with Crippen LogP contribution in [0.4, 0.5) is 24.8 Å². The molecule has 0 bridgehead atoms. The Morgan fingerprint density at radius 3 is 2.35 bits per heavy atom. The van der Waals surface area contributed by atoms with Crippen LogP contribution in [0.5, 0.6) is 0 Å². The van der Waals surface area contributed by atoms with E-state index in [1.54, 1.807) is 13.0 Å². The fourth-order valence-corrected chi connectivity index (χ4v) is 3.33. The first kappa shape index (κ1) is 18.7. The molecule has 3 rings (SSSR count). The van der Waals surface area contributed by atoms with E-state index in [2.05, 4.69) is 4.98 Å². The van der Waals surface area contributed by atoms with Crippen LogP contribution in [0.1, 0.15) is 24.5 Å². The lowest BCUT2D eigenvalue weighted by atomic mass is 10.1. The second-order valence-electron chi connectivity index (χ2n) is 7.04. The SMILES string of the molecule is C[C@@]1(O)CCN(c2nc(N3C[C@H](O)[C@@H](O)C3)cc(C(F)(F)F)c2C#N)C1. The molecule has 10 heteroatoms. The highest BCUT2D eigenvalue weighted by Gasteiger charge is 2.41. The largest absolute Gasteiger partial charge is 0.417 e. The number of aliphatic hydroxyl groups is 3. The average Bonchev–Trinajstić information content (AvgIpc) is 3.07. The van der Waals surface area contributed by atoms with Crippen LogP contribution < -0.4 is 9.80 Å². The number of nitriles is 1. The predicted molar refractivity (Wildman–Crippen MR) is 85.6 cm³/mol. The van der Waals surface area contributed by atoms with E-state index in [0.29, 0.717) is 6.42 Å². The lowest BCUT2D eigenvalue weighted by Crippen LogP contribution is -2.32. The fourth-order valence-electron chi connectivity index (χ4n) is 3.33. The van der Waals surface area contributed by atoms with Crippen molar-refractivity contribution in [1.82, 2.24) is 4.98 Å². The highest BCUT2D eigenvalue weighted by atomic mass is 19.4. The number of pyridine rings is 1. The Bertz CT molecular complexity index is 737. The van der Waals surface area contributed by atoms with Gasteiger partial charge in [0.1, 0.15) is 23.3 Å². The van der Waals surface area contributed by atoms with Gasteiger partial charge in [0.2, 0.25) is 0 Å². The molecule has 0 unspecified atom stereocenters. The van der Waals surface area contributed by atoms with Gasteiger partial charge in [0.25, 0.3) is 0 Å². The number of nitrogens with zero attached hydrogens (tertiary/aromatic N) is 4. The zero-order chi connectivity index (χ0) is 19.3. The lowest BCUT2D eigenvalue weighted by molar-refractivity contribution is -0.137. The highest BCUT2D eigenvalue weighted by molar-refractivity contribution is 5.64. The molecule has 2 saturated heterocycles. The third-order valence-electron chi connectivity index (χ3n) is 4.74. The van der Waals surface area contributed by atoms with Crippen molar-refractivity contribution in [3.63, 3.8) is 0 Å². The summed E-state index contributed by atoms with van der Waals surface area (Å²) < 4.78 is 40.5. The minimum atomic E-state index is -4.77. The molecule has 3 atom stereocenters. The van der Waals surface area contributed by atoms with Crippen LogP contribution in [0.25, 0.3) is 0 Å². The molecule has 3 N–H and O–H groups in total. The smallest absolute Gasteiger partial charge is 0.389 e. The third-order valence-corrected chi connectivity index (χ3v) is 4.74. The molecule has 0 aliphatic carbocycles. The van der Waals surface area contributed by atoms with E-state index in [-0.39, 0.29) is 37.8 Å². The summed E-state index contributed by atoms with van der Waals surface area (Å²) in [6, 6.07) is 2.35. The number of β-amino-alcohol motifs (C(OH)–C–C–N with tert-alkyl or cyclic N) is 3. The summed E-state index contributed by atoms with van der Waals surface area (Å²) in [6.07, 6.45) is -6.60. The molecule has 7 nitrogen and oxygen atoms in total. The molecule has 1 aromatic rings. The molecule has 0 spiro atoms. The summed E-state index contributed by atoms with van der Waals surface area (Å²) in [6.45, 7) is 1.77. The van der Waals surface area contributed by atoms with Crippen LogP contribution in [0.2, 0.25) is 0 Å². The topological polar surface area (TPSA) is 104 Å². The molecule has 2 fully saturated rings. The quantitative estimate of drug-likeness (QED) is 0.694. The first-order chi connectivity index (χ1) is 12.0. The second-order valence-corrected chi connectivity index (χ2v) is 7.04. The molecule has 1 aromatic heterocycles. The first-order valence-corrected chi connectivity index (χ1v) is 8.12. The van der Waals surface area contributed by atoms with Gasteiger partial charge >= 0.3 is 6.18 Å². The van der Waals surface area contributed by atoms with Crippen molar-refractivity contribution in [2.24, 2.45) is 0 Å². The molecule has 0 amide bonds. The first-order valence-electron chi connectivity index (χ1n) is 8.12. The zero-order valence-corrected chi connectivity index (χ0v) is 14.0. The van der Waals surface area contributed by atoms with Gasteiger partial charge in [0, 0.05) is 26.2 Å². The molecule has 2 aliphatic rings. The summed E-state index contributed by atoms with van der Waals surface area (Å²) in [7, 11) is 0. The van der Waals surface area contributed by atoms with E-state index in [1.165, 1.54) is 9.80 Å². The summed E-state index contributed by atoms with van der Waals surface area (Å²) >= 11 is 0. The van der Waals surface area contributed by atoms with Gasteiger partial charge in [-0.25, -0.2) is 4.98 Å². The number of alkyl halides is 3. The van der Waals surface area contributed by atoms with E-state index in [0.717, 1.165) is 6.07 Å². The molecule has 26 heavy (non-hydrogen) atoms. The van der Waals surface area contributed by atoms with Gasteiger partial charge in [-0.05, 0) is 19.4 Å². The van der Waals surface area contributed by atoms with E-state index in [1.807, 2.05) is 0 Å². The molecular formula is C16H19F3N4O3. The molecule has 2 aliphatic heterocycles. The van der Waals surface area contributed by atoms with Crippen molar-refractivity contribution in [3.8, 4) is 6.07 Å². The van der Waals surface area contributed by atoms with Crippen molar-refractivity contribution >= 4 is 11.6 Å². The van der Waals surface area contributed by atoms with Gasteiger partial charge in [-0.3, -0.25) is 0 Å². The average molecular weight is 372 g/mol. The molecule has 3 heterocycles. The maximum absolute atomic E-state index is 13.5. The maximum atomic E-state index is 13.5. The van der Waals surface area contributed by atoms with Crippen molar-refractivity contribution in [2.45, 2.75) is 37.3 Å². The Balaban J connectivity index is 2.10. The van der Waals surface area contributed by atoms with Crippen LogP contribution in [-0.4, -0.2) is 64.3 Å². The van der Waals surface area contributed by atoms with E-state index < -0.39 is 35.1 Å². The Labute approximate surface area is 147 Å². The van der Waals surface area contributed by atoms with Crippen LogP contribution >= 0.6 is 0 Å². The Morgan fingerprint density at radius 2 is 1.88 bits per heavy atom. The highest BCUT2D eigenvalue weighted by Crippen LogP contribution is 2.39. The fraction of sp³-hybridized carbons (Fsp3) is 0.625. The number of hydrogen-bond donors (Lipinski definition) is 3. The summed E-state index contributed by atoms with van der Waals surface area (Å²) in [5.74, 6) is -0.223. The summed E-state index contributed by atoms with van der Waals surface area (Å²) in [5, 5.41) is 38.8. The van der Waals surface area contributed by atoms with Gasteiger partial charge in [-0.2, -0.15) is 18.4 Å². The Morgan fingerprint density at radius 1 is 1.27 bits per heavy atom. The van der Waals surface area contributed by atoms with E-state index in [9.17, 15) is 33.8 Å². The molecular weight excluding hydrogens is 353 g/mol. The van der Waals surface area contributed by atoms with Crippen LogP contribution in [0, 0.1) is 11.3 Å².